The number of rotatable bonds is 3. The third kappa shape index (κ3) is 3.37. The van der Waals surface area contributed by atoms with Gasteiger partial charge in [0.1, 0.15) is 0 Å². The fourth-order valence-corrected chi connectivity index (χ4v) is 2.43. The van der Waals surface area contributed by atoms with Gasteiger partial charge in [0.25, 0.3) is 0 Å². The molecule has 102 valence electrons. The van der Waals surface area contributed by atoms with E-state index in [2.05, 4.69) is 5.32 Å². The Hall–Kier alpha value is -1.40. The van der Waals surface area contributed by atoms with Crippen molar-refractivity contribution in [2.24, 2.45) is 0 Å². The Bertz CT molecular complexity index is 690. The van der Waals surface area contributed by atoms with Gasteiger partial charge in [-0.15, -0.1) is 0 Å². The van der Waals surface area contributed by atoms with Crippen LogP contribution in [0.1, 0.15) is 16.7 Å². The van der Waals surface area contributed by atoms with E-state index in [1.54, 1.807) is 18.2 Å². The summed E-state index contributed by atoms with van der Waals surface area (Å²) >= 11 is 18.4. The first kappa shape index (κ1) is 15.0. The summed E-state index contributed by atoms with van der Waals surface area (Å²) < 4.78 is 0. The normalized spacial score (nSPS) is 10.2. The molecule has 0 fully saturated rings. The lowest BCUT2D eigenvalue weighted by Gasteiger charge is -2.11. The van der Waals surface area contributed by atoms with Gasteiger partial charge in [0.05, 0.1) is 22.3 Å². The van der Waals surface area contributed by atoms with E-state index in [-0.39, 0.29) is 0 Å². The highest BCUT2D eigenvalue weighted by molar-refractivity contribution is 6.35. The number of anilines is 1. The van der Waals surface area contributed by atoms with Crippen molar-refractivity contribution in [3.63, 3.8) is 0 Å². The lowest BCUT2D eigenvalue weighted by Crippen LogP contribution is -2.01. The fourth-order valence-electron chi connectivity index (χ4n) is 1.73. The van der Waals surface area contributed by atoms with Crippen molar-refractivity contribution >= 4 is 40.5 Å². The summed E-state index contributed by atoms with van der Waals surface area (Å²) in [5.74, 6) is 0. The number of nitriles is 1. The summed E-state index contributed by atoms with van der Waals surface area (Å²) in [5.41, 5.74) is 3.11. The Kier molecular flexibility index (Phi) is 4.77. The van der Waals surface area contributed by atoms with Crippen LogP contribution in [-0.2, 0) is 6.54 Å². The van der Waals surface area contributed by atoms with Gasteiger partial charge in [-0.2, -0.15) is 5.26 Å². The standard InChI is InChI=1S/C15H11Cl3N2/c1-9-4-14(18)15(6-12(9)16)20-8-11-3-2-10(7-19)5-13(11)17/h2-6,20H,8H2,1H3. The molecule has 2 nitrogen and oxygen atoms in total. The average molecular weight is 326 g/mol. The van der Waals surface area contributed by atoms with Gasteiger partial charge in [-0.3, -0.25) is 0 Å². The fraction of sp³-hybridized carbons (Fsp3) is 0.133. The Balaban J connectivity index is 2.17. The maximum Gasteiger partial charge on any atom is 0.0992 e. The van der Waals surface area contributed by atoms with Gasteiger partial charge in [0.2, 0.25) is 0 Å². The predicted molar refractivity (Wildman–Crippen MR) is 84.7 cm³/mol. The van der Waals surface area contributed by atoms with Gasteiger partial charge in [0, 0.05) is 16.6 Å². The molecule has 0 atom stereocenters. The molecule has 0 aliphatic carbocycles. The van der Waals surface area contributed by atoms with Gasteiger partial charge in [-0.1, -0.05) is 40.9 Å². The molecular formula is C15H11Cl3N2. The van der Waals surface area contributed by atoms with Crippen LogP contribution in [-0.4, -0.2) is 0 Å². The molecule has 0 radical (unpaired) electrons. The van der Waals surface area contributed by atoms with E-state index < -0.39 is 0 Å². The van der Waals surface area contributed by atoms with Crippen molar-refractivity contribution in [3.05, 3.63) is 62.1 Å². The maximum absolute atomic E-state index is 8.80. The molecule has 0 saturated carbocycles. The van der Waals surface area contributed by atoms with E-state index in [0.717, 1.165) is 16.8 Å². The van der Waals surface area contributed by atoms with Crippen molar-refractivity contribution in [1.29, 1.82) is 5.26 Å². The van der Waals surface area contributed by atoms with Crippen LogP contribution in [0.5, 0.6) is 0 Å². The first-order valence-electron chi connectivity index (χ1n) is 5.89. The molecule has 0 aliphatic heterocycles. The monoisotopic (exact) mass is 324 g/mol. The predicted octanol–water partition coefficient (Wildman–Crippen LogP) is 5.44. The Morgan fingerprint density at radius 1 is 1.05 bits per heavy atom. The molecule has 0 spiro atoms. The highest BCUT2D eigenvalue weighted by Gasteiger charge is 2.06. The van der Waals surface area contributed by atoms with Crippen LogP contribution < -0.4 is 5.32 Å². The lowest BCUT2D eigenvalue weighted by atomic mass is 10.1. The van der Waals surface area contributed by atoms with Crippen LogP contribution in [0.2, 0.25) is 15.1 Å². The molecule has 0 heterocycles. The van der Waals surface area contributed by atoms with Crippen LogP contribution in [0.3, 0.4) is 0 Å². The molecule has 1 N–H and O–H groups in total. The van der Waals surface area contributed by atoms with Crippen LogP contribution >= 0.6 is 34.8 Å². The summed E-state index contributed by atoms with van der Waals surface area (Å²) in [7, 11) is 0. The number of aryl methyl sites for hydroxylation is 1. The smallest absolute Gasteiger partial charge is 0.0992 e. The van der Waals surface area contributed by atoms with Gasteiger partial charge >= 0.3 is 0 Å². The third-order valence-electron chi connectivity index (χ3n) is 2.90. The highest BCUT2D eigenvalue weighted by Crippen LogP contribution is 2.29. The summed E-state index contributed by atoms with van der Waals surface area (Å²) in [6, 6.07) is 10.8. The largest absolute Gasteiger partial charge is 0.380 e. The second-order valence-corrected chi connectivity index (χ2v) is 5.57. The number of hydrogen-bond donors (Lipinski definition) is 1. The minimum Gasteiger partial charge on any atom is -0.380 e. The topological polar surface area (TPSA) is 35.8 Å². The second-order valence-electron chi connectivity index (χ2n) is 4.35. The third-order valence-corrected chi connectivity index (χ3v) is 3.97. The Morgan fingerprint density at radius 2 is 1.80 bits per heavy atom. The zero-order valence-electron chi connectivity index (χ0n) is 10.7. The molecule has 2 rings (SSSR count). The zero-order valence-corrected chi connectivity index (χ0v) is 12.9. The molecular weight excluding hydrogens is 315 g/mol. The van der Waals surface area contributed by atoms with Crippen LogP contribution in [0, 0.1) is 18.3 Å². The van der Waals surface area contributed by atoms with Gasteiger partial charge < -0.3 is 5.32 Å². The second kappa shape index (κ2) is 6.37. The van der Waals surface area contributed by atoms with E-state index in [1.807, 2.05) is 25.1 Å². The van der Waals surface area contributed by atoms with E-state index >= 15 is 0 Å². The van der Waals surface area contributed by atoms with Gasteiger partial charge in [-0.25, -0.2) is 0 Å². The molecule has 0 unspecified atom stereocenters. The van der Waals surface area contributed by atoms with Crippen molar-refractivity contribution in [2.75, 3.05) is 5.32 Å². The molecule has 0 bridgehead atoms. The number of nitrogens with zero attached hydrogens (tertiary/aromatic N) is 1. The summed E-state index contributed by atoms with van der Waals surface area (Å²) in [6.45, 7) is 2.40. The first-order chi connectivity index (χ1) is 9.51. The number of hydrogen-bond acceptors (Lipinski definition) is 2. The molecule has 2 aromatic carbocycles. The van der Waals surface area contributed by atoms with Gasteiger partial charge in [-0.05, 0) is 42.3 Å². The quantitative estimate of drug-likeness (QED) is 0.815. The van der Waals surface area contributed by atoms with Gasteiger partial charge in [0.15, 0.2) is 0 Å². The average Bonchev–Trinajstić information content (AvgIpc) is 2.42. The molecule has 5 heteroatoms. The van der Waals surface area contributed by atoms with E-state index in [4.69, 9.17) is 40.1 Å². The van der Waals surface area contributed by atoms with Crippen molar-refractivity contribution in [3.8, 4) is 6.07 Å². The lowest BCUT2D eigenvalue weighted by molar-refractivity contribution is 1.15. The summed E-state index contributed by atoms with van der Waals surface area (Å²) in [4.78, 5) is 0. The number of nitrogens with one attached hydrogen (secondary N) is 1. The zero-order chi connectivity index (χ0) is 14.7. The highest BCUT2D eigenvalue weighted by atomic mass is 35.5. The van der Waals surface area contributed by atoms with E-state index in [1.165, 1.54) is 0 Å². The summed E-state index contributed by atoms with van der Waals surface area (Å²) in [6.07, 6.45) is 0. The number of halogens is 3. The number of benzene rings is 2. The summed E-state index contributed by atoms with van der Waals surface area (Å²) in [5, 5.41) is 13.8. The Labute approximate surface area is 132 Å². The Morgan fingerprint density at radius 3 is 2.45 bits per heavy atom. The van der Waals surface area contributed by atoms with Crippen LogP contribution in [0.4, 0.5) is 5.69 Å². The first-order valence-corrected chi connectivity index (χ1v) is 7.02. The molecule has 0 aromatic heterocycles. The molecule has 0 saturated heterocycles. The van der Waals surface area contributed by atoms with E-state index in [0.29, 0.717) is 27.2 Å². The molecule has 0 amide bonds. The SMILES string of the molecule is Cc1cc(Cl)c(NCc2ccc(C#N)cc2Cl)cc1Cl. The minimum atomic E-state index is 0.504. The van der Waals surface area contributed by atoms with E-state index in [9.17, 15) is 0 Å². The van der Waals surface area contributed by atoms with Crippen LogP contribution in [0.15, 0.2) is 30.3 Å². The maximum atomic E-state index is 8.80. The van der Waals surface area contributed by atoms with Crippen LogP contribution in [0.25, 0.3) is 0 Å². The molecule has 0 aliphatic rings. The molecule has 20 heavy (non-hydrogen) atoms. The molecule has 2 aromatic rings. The van der Waals surface area contributed by atoms with Crippen molar-refractivity contribution in [2.45, 2.75) is 13.5 Å². The minimum absolute atomic E-state index is 0.504. The van der Waals surface area contributed by atoms with Crippen molar-refractivity contribution < 1.29 is 0 Å². The van der Waals surface area contributed by atoms with Crippen molar-refractivity contribution in [1.82, 2.24) is 0 Å².